The van der Waals surface area contributed by atoms with Gasteiger partial charge >= 0.3 is 6.09 Å². The number of hydrogen-bond donors (Lipinski definition) is 2. The van der Waals surface area contributed by atoms with Crippen LogP contribution in [0.5, 0.6) is 0 Å². The Kier molecular flexibility index (Phi) is 8.12. The van der Waals surface area contributed by atoms with Gasteiger partial charge in [-0.2, -0.15) is 0 Å². The van der Waals surface area contributed by atoms with E-state index in [4.69, 9.17) is 4.74 Å². The number of amides is 1. The molecule has 1 fully saturated rings. The van der Waals surface area contributed by atoms with Crippen LogP contribution < -0.4 is 10.6 Å². The highest BCUT2D eigenvalue weighted by atomic mass is 16.5. The fraction of sp³-hybridized carbons (Fsp3) is 0.321. The van der Waals surface area contributed by atoms with Gasteiger partial charge in [-0.25, -0.2) is 4.79 Å². The predicted octanol–water partition coefficient (Wildman–Crippen LogP) is 5.60. The third-order valence-electron chi connectivity index (χ3n) is 6.16. The van der Waals surface area contributed by atoms with E-state index in [9.17, 15) is 4.79 Å². The first-order valence-electron chi connectivity index (χ1n) is 11.8. The lowest BCUT2D eigenvalue weighted by atomic mass is 9.94. The molecule has 2 N–H and O–H groups in total. The van der Waals surface area contributed by atoms with E-state index in [1.165, 1.54) is 11.1 Å². The van der Waals surface area contributed by atoms with Crippen molar-refractivity contribution in [3.8, 4) is 0 Å². The quantitative estimate of drug-likeness (QED) is 0.476. The molecule has 0 saturated carbocycles. The molecular weight excluding hydrogens is 410 g/mol. The summed E-state index contributed by atoms with van der Waals surface area (Å²) in [6.45, 7) is 5.29. The highest BCUT2D eigenvalue weighted by Gasteiger charge is 2.25. The first-order valence-corrected chi connectivity index (χ1v) is 11.8. The fourth-order valence-corrected chi connectivity index (χ4v) is 4.49. The predicted molar refractivity (Wildman–Crippen MR) is 133 cm³/mol. The number of nitrogens with zero attached hydrogens (tertiary/aromatic N) is 1. The second kappa shape index (κ2) is 11.6. The van der Waals surface area contributed by atoms with Gasteiger partial charge in [-0.15, -0.1) is 0 Å². The number of carbonyl (C=O) groups is 1. The lowest BCUT2D eigenvalue weighted by Crippen LogP contribution is -2.43. The summed E-state index contributed by atoms with van der Waals surface area (Å²) in [7, 11) is 0. The topological polar surface area (TPSA) is 53.6 Å². The molecule has 5 nitrogen and oxygen atoms in total. The molecule has 172 valence electrons. The summed E-state index contributed by atoms with van der Waals surface area (Å²) in [6.07, 6.45) is 1.75. The summed E-state index contributed by atoms with van der Waals surface area (Å²) in [5.41, 5.74) is 4.37. The minimum absolute atomic E-state index is 0.0185. The highest BCUT2D eigenvalue weighted by Crippen LogP contribution is 2.30. The summed E-state index contributed by atoms with van der Waals surface area (Å²) in [5.74, 6) is 0. The second-order valence-corrected chi connectivity index (χ2v) is 8.48. The van der Waals surface area contributed by atoms with Gasteiger partial charge < -0.3 is 10.1 Å². The number of piperidine rings is 1. The van der Waals surface area contributed by atoms with E-state index in [0.717, 1.165) is 43.7 Å². The van der Waals surface area contributed by atoms with E-state index in [0.29, 0.717) is 12.6 Å². The molecule has 1 aliphatic rings. The van der Waals surface area contributed by atoms with Crippen molar-refractivity contribution in [2.45, 2.75) is 38.4 Å². The molecule has 33 heavy (non-hydrogen) atoms. The maximum absolute atomic E-state index is 12.1. The molecule has 0 aromatic heterocycles. The number of para-hydroxylation sites is 1. The SMILES string of the molecule is CCOC(=O)Nc1ccccc1[C@@H](NC1CCN(Cc2ccccc2)CC1)c1ccccc1. The Bertz CT molecular complexity index is 1000. The zero-order valence-electron chi connectivity index (χ0n) is 19.2. The number of likely N-dealkylation sites (tertiary alicyclic amines) is 1. The number of benzene rings is 3. The van der Waals surface area contributed by atoms with E-state index >= 15 is 0 Å². The van der Waals surface area contributed by atoms with Gasteiger partial charge in [0.2, 0.25) is 0 Å². The Hall–Kier alpha value is -3.15. The van der Waals surface area contributed by atoms with Crippen LogP contribution in [0.2, 0.25) is 0 Å². The molecule has 0 spiro atoms. The van der Waals surface area contributed by atoms with Crippen LogP contribution in [-0.4, -0.2) is 36.7 Å². The van der Waals surface area contributed by atoms with Gasteiger partial charge in [0, 0.05) is 18.3 Å². The van der Waals surface area contributed by atoms with Crippen LogP contribution >= 0.6 is 0 Å². The first-order chi connectivity index (χ1) is 16.2. The maximum atomic E-state index is 12.1. The van der Waals surface area contributed by atoms with E-state index in [-0.39, 0.29) is 6.04 Å². The smallest absolute Gasteiger partial charge is 0.411 e. The third-order valence-corrected chi connectivity index (χ3v) is 6.16. The zero-order chi connectivity index (χ0) is 22.9. The summed E-state index contributed by atoms with van der Waals surface area (Å²) in [5, 5.41) is 6.82. The first kappa shape index (κ1) is 23.0. The van der Waals surface area contributed by atoms with E-state index < -0.39 is 6.09 Å². The Morgan fingerprint density at radius 2 is 1.58 bits per heavy atom. The molecule has 3 aromatic rings. The van der Waals surface area contributed by atoms with E-state index in [1.54, 1.807) is 0 Å². The molecule has 5 heteroatoms. The van der Waals surface area contributed by atoms with Crippen LogP contribution in [0.3, 0.4) is 0 Å². The Morgan fingerprint density at radius 1 is 0.939 bits per heavy atom. The number of carbonyl (C=O) groups excluding carboxylic acids is 1. The molecule has 1 atom stereocenters. The Balaban J connectivity index is 1.48. The van der Waals surface area contributed by atoms with Crippen molar-refractivity contribution < 1.29 is 9.53 Å². The van der Waals surface area contributed by atoms with Crippen LogP contribution in [0.25, 0.3) is 0 Å². The summed E-state index contributed by atoms with van der Waals surface area (Å²) >= 11 is 0. The monoisotopic (exact) mass is 443 g/mol. The fourth-order valence-electron chi connectivity index (χ4n) is 4.49. The lowest BCUT2D eigenvalue weighted by molar-refractivity contribution is 0.168. The standard InChI is InChI=1S/C28H33N3O2/c1-2-33-28(32)30-26-16-10-9-15-25(26)27(23-13-7-4-8-14-23)29-24-17-19-31(20-18-24)21-22-11-5-3-6-12-22/h3-16,24,27,29H,2,17-21H2,1H3,(H,30,32)/t27-/m0/s1. The van der Waals surface area contributed by atoms with Crippen molar-refractivity contribution in [1.82, 2.24) is 10.2 Å². The molecule has 1 heterocycles. The lowest BCUT2D eigenvalue weighted by Gasteiger charge is -2.35. The van der Waals surface area contributed by atoms with Gasteiger partial charge in [0.15, 0.2) is 0 Å². The van der Waals surface area contributed by atoms with Crippen molar-refractivity contribution in [3.63, 3.8) is 0 Å². The number of rotatable bonds is 8. The number of ether oxygens (including phenoxy) is 1. The number of hydrogen-bond acceptors (Lipinski definition) is 4. The average Bonchev–Trinajstić information content (AvgIpc) is 2.85. The van der Waals surface area contributed by atoms with E-state index in [2.05, 4.69) is 76.2 Å². The van der Waals surface area contributed by atoms with Crippen molar-refractivity contribution >= 4 is 11.8 Å². The Morgan fingerprint density at radius 3 is 2.27 bits per heavy atom. The largest absolute Gasteiger partial charge is 0.450 e. The molecule has 0 radical (unpaired) electrons. The van der Waals surface area contributed by atoms with Gasteiger partial charge in [-0.05, 0) is 55.6 Å². The normalized spacial score (nSPS) is 15.7. The minimum Gasteiger partial charge on any atom is -0.450 e. The molecule has 3 aromatic carbocycles. The van der Waals surface area contributed by atoms with Crippen LogP contribution in [0.15, 0.2) is 84.9 Å². The van der Waals surface area contributed by atoms with Crippen molar-refractivity contribution in [3.05, 3.63) is 102 Å². The molecule has 1 saturated heterocycles. The van der Waals surface area contributed by atoms with Gasteiger partial charge in [-0.3, -0.25) is 10.2 Å². The summed E-state index contributed by atoms with van der Waals surface area (Å²) in [6, 6.07) is 29.5. The molecule has 1 amide bonds. The van der Waals surface area contributed by atoms with Gasteiger partial charge in [0.25, 0.3) is 0 Å². The van der Waals surface area contributed by atoms with Crippen LogP contribution in [-0.2, 0) is 11.3 Å². The molecule has 1 aliphatic heterocycles. The minimum atomic E-state index is -0.425. The summed E-state index contributed by atoms with van der Waals surface area (Å²) in [4.78, 5) is 14.7. The summed E-state index contributed by atoms with van der Waals surface area (Å²) < 4.78 is 5.12. The zero-order valence-corrected chi connectivity index (χ0v) is 19.2. The Labute approximate surface area is 196 Å². The van der Waals surface area contributed by atoms with Crippen LogP contribution in [0, 0.1) is 0 Å². The van der Waals surface area contributed by atoms with Crippen LogP contribution in [0.4, 0.5) is 10.5 Å². The highest BCUT2D eigenvalue weighted by molar-refractivity contribution is 5.86. The molecule has 4 rings (SSSR count). The molecule has 0 bridgehead atoms. The van der Waals surface area contributed by atoms with Crippen molar-refractivity contribution in [1.29, 1.82) is 0 Å². The van der Waals surface area contributed by atoms with Crippen molar-refractivity contribution in [2.75, 3.05) is 25.0 Å². The van der Waals surface area contributed by atoms with Crippen LogP contribution in [0.1, 0.15) is 42.5 Å². The number of nitrogens with one attached hydrogen (secondary N) is 2. The van der Waals surface area contributed by atoms with Gasteiger partial charge in [-0.1, -0.05) is 78.9 Å². The molecule has 0 unspecified atom stereocenters. The maximum Gasteiger partial charge on any atom is 0.411 e. The van der Waals surface area contributed by atoms with Gasteiger partial charge in [0.1, 0.15) is 0 Å². The van der Waals surface area contributed by atoms with Gasteiger partial charge in [0.05, 0.1) is 12.6 Å². The average molecular weight is 444 g/mol. The third kappa shape index (κ3) is 6.44. The van der Waals surface area contributed by atoms with E-state index in [1.807, 2.05) is 31.2 Å². The van der Waals surface area contributed by atoms with Crippen molar-refractivity contribution in [2.24, 2.45) is 0 Å². The number of anilines is 1. The molecule has 0 aliphatic carbocycles. The molecular formula is C28H33N3O2. The second-order valence-electron chi connectivity index (χ2n) is 8.48.